The smallest absolute Gasteiger partial charge is 0.223 e. The maximum atomic E-state index is 13.7. The topological polar surface area (TPSA) is 32.3 Å². The molecule has 4 bridgehead atoms. The number of carbonyl (C=O) groups excluding carboxylic acids is 1. The zero-order valence-corrected chi connectivity index (χ0v) is 14.9. The SMILES string of the molecule is CC12CC=C(F)C=C1C(CCC(=O)N1C3CC4CC(C3)CC1C4)=CN2. The first-order valence-corrected chi connectivity index (χ1v) is 9.88. The van der Waals surface area contributed by atoms with E-state index in [1.807, 2.05) is 6.20 Å². The van der Waals surface area contributed by atoms with Crippen LogP contribution in [0.4, 0.5) is 4.39 Å². The fourth-order valence-corrected chi connectivity index (χ4v) is 6.19. The van der Waals surface area contributed by atoms with E-state index in [1.54, 1.807) is 12.2 Å². The van der Waals surface area contributed by atoms with Crippen molar-refractivity contribution >= 4 is 5.91 Å². The molecule has 0 aromatic carbocycles. The highest BCUT2D eigenvalue weighted by Gasteiger charge is 2.48. The van der Waals surface area contributed by atoms with Crippen molar-refractivity contribution in [3.63, 3.8) is 0 Å². The van der Waals surface area contributed by atoms with E-state index in [0.29, 0.717) is 37.3 Å². The van der Waals surface area contributed by atoms with Crippen LogP contribution in [0.5, 0.6) is 0 Å². The minimum Gasteiger partial charge on any atom is -0.381 e. The van der Waals surface area contributed by atoms with E-state index in [1.165, 1.54) is 32.1 Å². The summed E-state index contributed by atoms with van der Waals surface area (Å²) in [7, 11) is 0. The van der Waals surface area contributed by atoms with Crippen molar-refractivity contribution in [2.75, 3.05) is 0 Å². The van der Waals surface area contributed by atoms with Gasteiger partial charge in [-0.3, -0.25) is 4.79 Å². The molecule has 0 aromatic rings. The highest BCUT2D eigenvalue weighted by molar-refractivity contribution is 5.78. The summed E-state index contributed by atoms with van der Waals surface area (Å²) in [5.74, 6) is 1.90. The van der Waals surface area contributed by atoms with Gasteiger partial charge in [-0.15, -0.1) is 0 Å². The number of amides is 1. The molecule has 6 aliphatic rings. The number of carbonyl (C=O) groups is 1. The van der Waals surface area contributed by atoms with Crippen LogP contribution in [0.1, 0.15) is 58.3 Å². The van der Waals surface area contributed by atoms with Gasteiger partial charge in [0.1, 0.15) is 5.83 Å². The van der Waals surface area contributed by atoms with Crippen molar-refractivity contribution in [2.45, 2.75) is 75.9 Å². The third-order valence-corrected chi connectivity index (χ3v) is 7.26. The van der Waals surface area contributed by atoms with Gasteiger partial charge in [-0.05, 0) is 87.0 Å². The van der Waals surface area contributed by atoms with Crippen LogP contribution in [0.2, 0.25) is 0 Å². The lowest BCUT2D eigenvalue weighted by Crippen LogP contribution is -2.59. The molecule has 25 heavy (non-hydrogen) atoms. The first-order chi connectivity index (χ1) is 12.0. The number of nitrogens with zero attached hydrogens (tertiary/aromatic N) is 1. The molecule has 4 heteroatoms. The maximum Gasteiger partial charge on any atom is 0.223 e. The summed E-state index contributed by atoms with van der Waals surface area (Å²) in [5.41, 5.74) is 1.93. The Kier molecular flexibility index (Phi) is 3.42. The maximum absolute atomic E-state index is 13.7. The number of rotatable bonds is 3. The minimum absolute atomic E-state index is 0.154. The zero-order valence-electron chi connectivity index (χ0n) is 14.9. The second-order valence-electron chi connectivity index (χ2n) is 9.02. The molecule has 3 nitrogen and oxygen atoms in total. The normalized spacial score (nSPS) is 41.0. The molecule has 0 radical (unpaired) electrons. The van der Waals surface area contributed by atoms with Crippen LogP contribution in [-0.2, 0) is 4.79 Å². The number of allylic oxidation sites excluding steroid dienone is 2. The molecule has 6 rings (SSSR count). The Balaban J connectivity index is 1.26. The highest BCUT2D eigenvalue weighted by Crippen LogP contribution is 2.49. The van der Waals surface area contributed by atoms with Gasteiger partial charge in [0.2, 0.25) is 5.91 Å². The summed E-state index contributed by atoms with van der Waals surface area (Å²) in [4.78, 5) is 15.2. The lowest BCUT2D eigenvalue weighted by atomic mass is 9.63. The van der Waals surface area contributed by atoms with Crippen LogP contribution in [0.3, 0.4) is 0 Å². The molecule has 3 aliphatic carbocycles. The average Bonchev–Trinajstić information content (AvgIpc) is 2.88. The van der Waals surface area contributed by atoms with Crippen molar-refractivity contribution in [3.8, 4) is 0 Å². The van der Waals surface area contributed by atoms with Crippen molar-refractivity contribution in [2.24, 2.45) is 11.8 Å². The Morgan fingerprint density at radius 2 is 1.92 bits per heavy atom. The molecule has 2 saturated carbocycles. The van der Waals surface area contributed by atoms with Gasteiger partial charge in [-0.2, -0.15) is 0 Å². The molecule has 4 fully saturated rings. The van der Waals surface area contributed by atoms with Gasteiger partial charge in [0.15, 0.2) is 0 Å². The van der Waals surface area contributed by atoms with Gasteiger partial charge in [0.05, 0.1) is 5.54 Å². The van der Waals surface area contributed by atoms with Crippen molar-refractivity contribution in [3.05, 3.63) is 35.3 Å². The Hall–Kier alpha value is -1.58. The van der Waals surface area contributed by atoms with E-state index in [0.717, 1.165) is 23.0 Å². The van der Waals surface area contributed by atoms with E-state index in [2.05, 4.69) is 17.1 Å². The van der Waals surface area contributed by atoms with Gasteiger partial charge < -0.3 is 10.2 Å². The summed E-state index contributed by atoms with van der Waals surface area (Å²) < 4.78 is 13.7. The number of hydrogen-bond donors (Lipinski definition) is 1. The highest BCUT2D eigenvalue weighted by atomic mass is 19.1. The number of fused-ring (bicyclic) bond motifs is 1. The van der Waals surface area contributed by atoms with E-state index >= 15 is 0 Å². The molecule has 1 atom stereocenters. The molecule has 2 saturated heterocycles. The zero-order chi connectivity index (χ0) is 17.2. The molecule has 1 amide bonds. The Morgan fingerprint density at radius 1 is 1.24 bits per heavy atom. The quantitative estimate of drug-likeness (QED) is 0.841. The van der Waals surface area contributed by atoms with Crippen LogP contribution in [0.25, 0.3) is 0 Å². The monoisotopic (exact) mass is 342 g/mol. The number of piperidine rings is 2. The largest absolute Gasteiger partial charge is 0.381 e. The number of halogens is 1. The minimum atomic E-state index is -0.198. The molecule has 0 aromatic heterocycles. The average molecular weight is 342 g/mol. The summed E-state index contributed by atoms with van der Waals surface area (Å²) in [6.07, 6.45) is 13.5. The van der Waals surface area contributed by atoms with Gasteiger partial charge in [0.25, 0.3) is 0 Å². The summed E-state index contributed by atoms with van der Waals surface area (Å²) >= 11 is 0. The van der Waals surface area contributed by atoms with Crippen LogP contribution >= 0.6 is 0 Å². The lowest BCUT2D eigenvalue weighted by Gasteiger charge is -2.56. The molecular formula is C21H27FN2O. The van der Waals surface area contributed by atoms with Gasteiger partial charge in [0, 0.05) is 24.7 Å². The van der Waals surface area contributed by atoms with Crippen molar-refractivity contribution in [1.82, 2.24) is 10.2 Å². The molecule has 0 spiro atoms. The molecular weight excluding hydrogens is 315 g/mol. The van der Waals surface area contributed by atoms with Gasteiger partial charge >= 0.3 is 0 Å². The molecule has 3 heterocycles. The predicted molar refractivity (Wildman–Crippen MR) is 95.2 cm³/mol. The number of hydrogen-bond acceptors (Lipinski definition) is 2. The van der Waals surface area contributed by atoms with E-state index in [4.69, 9.17) is 0 Å². The molecule has 1 N–H and O–H groups in total. The van der Waals surface area contributed by atoms with E-state index in [9.17, 15) is 9.18 Å². The van der Waals surface area contributed by atoms with E-state index in [-0.39, 0.29) is 11.4 Å². The lowest BCUT2D eigenvalue weighted by molar-refractivity contribution is -0.149. The predicted octanol–water partition coefficient (Wildman–Crippen LogP) is 3.99. The van der Waals surface area contributed by atoms with Crippen LogP contribution in [0.15, 0.2) is 35.3 Å². The van der Waals surface area contributed by atoms with Crippen LogP contribution in [0, 0.1) is 11.8 Å². The fourth-order valence-electron chi connectivity index (χ4n) is 6.19. The summed E-state index contributed by atoms with van der Waals surface area (Å²) in [6, 6.07) is 0.998. The summed E-state index contributed by atoms with van der Waals surface area (Å²) in [5, 5.41) is 3.39. The fraction of sp³-hybridized carbons (Fsp3) is 0.667. The third kappa shape index (κ3) is 2.48. The van der Waals surface area contributed by atoms with Gasteiger partial charge in [-0.25, -0.2) is 4.39 Å². The first-order valence-electron chi connectivity index (χ1n) is 9.88. The van der Waals surface area contributed by atoms with Crippen molar-refractivity contribution < 1.29 is 9.18 Å². The third-order valence-electron chi connectivity index (χ3n) is 7.26. The molecule has 134 valence electrons. The van der Waals surface area contributed by atoms with Crippen LogP contribution < -0.4 is 5.32 Å². The first kappa shape index (κ1) is 15.7. The van der Waals surface area contributed by atoms with E-state index < -0.39 is 0 Å². The summed E-state index contributed by atoms with van der Waals surface area (Å²) in [6.45, 7) is 2.11. The molecule has 3 aliphatic heterocycles. The Morgan fingerprint density at radius 3 is 2.60 bits per heavy atom. The second kappa shape index (κ2) is 5.46. The standard InChI is InChI=1S/C21H27FN2O/c1-21-5-4-16(22)11-19(21)15(12-23-21)2-3-20(25)24-17-7-13-6-14(9-17)10-18(24)8-13/h4,11-14,17-18,23H,2-3,5-10H2,1H3. The molecule has 1 unspecified atom stereocenters. The Labute approximate surface area is 149 Å². The van der Waals surface area contributed by atoms with Crippen LogP contribution in [-0.4, -0.2) is 28.4 Å². The van der Waals surface area contributed by atoms with Gasteiger partial charge in [-0.1, -0.05) is 0 Å². The Bertz CT molecular complexity index is 679. The number of nitrogens with one attached hydrogen (secondary N) is 1. The van der Waals surface area contributed by atoms with Crippen molar-refractivity contribution in [1.29, 1.82) is 0 Å². The second-order valence-corrected chi connectivity index (χ2v) is 9.02.